The Labute approximate surface area is 147 Å². The Morgan fingerprint density at radius 3 is 2.64 bits per heavy atom. The first-order valence-electron chi connectivity index (χ1n) is 8.72. The molecular weight excluding hydrogens is 316 g/mol. The number of nitrogens with one attached hydrogen (secondary N) is 3. The van der Waals surface area contributed by atoms with E-state index in [1.165, 1.54) is 19.3 Å². The van der Waals surface area contributed by atoms with E-state index in [4.69, 9.17) is 0 Å². The van der Waals surface area contributed by atoms with Gasteiger partial charge in [0, 0.05) is 32.4 Å². The summed E-state index contributed by atoms with van der Waals surface area (Å²) in [4.78, 5) is 22.8. The molecule has 0 bridgehead atoms. The number of anilines is 3. The van der Waals surface area contributed by atoms with E-state index >= 15 is 0 Å². The van der Waals surface area contributed by atoms with Gasteiger partial charge in [-0.1, -0.05) is 6.07 Å². The van der Waals surface area contributed by atoms with E-state index in [0.29, 0.717) is 18.8 Å². The van der Waals surface area contributed by atoms with Crippen LogP contribution >= 0.6 is 0 Å². The van der Waals surface area contributed by atoms with Crippen LogP contribution in [0.2, 0.25) is 0 Å². The van der Waals surface area contributed by atoms with E-state index in [0.717, 1.165) is 24.7 Å². The van der Waals surface area contributed by atoms with Crippen LogP contribution in [0.1, 0.15) is 19.3 Å². The van der Waals surface area contributed by atoms with Crippen LogP contribution in [0.25, 0.3) is 0 Å². The second-order valence-corrected chi connectivity index (χ2v) is 5.98. The number of hydrogen-bond acceptors (Lipinski definition) is 5. The molecule has 1 aliphatic rings. The quantitative estimate of drug-likeness (QED) is 0.704. The number of hydrogen-bond donors (Lipinski definition) is 3. The molecule has 0 aromatic carbocycles. The molecule has 25 heavy (non-hydrogen) atoms. The Bertz CT molecular complexity index is 655. The Morgan fingerprint density at radius 1 is 1.04 bits per heavy atom. The van der Waals surface area contributed by atoms with Gasteiger partial charge in [0.15, 0.2) is 0 Å². The van der Waals surface area contributed by atoms with Gasteiger partial charge < -0.3 is 20.9 Å². The van der Waals surface area contributed by atoms with E-state index < -0.39 is 0 Å². The number of aromatic nitrogens is 2. The molecule has 132 valence electrons. The predicted octanol–water partition coefficient (Wildman–Crippen LogP) is 2.70. The molecule has 0 atom stereocenters. The van der Waals surface area contributed by atoms with Crippen molar-refractivity contribution in [1.82, 2.24) is 15.3 Å². The van der Waals surface area contributed by atoms with Gasteiger partial charge >= 0.3 is 6.03 Å². The lowest BCUT2D eigenvalue weighted by atomic mass is 10.1. The molecule has 2 aromatic rings. The van der Waals surface area contributed by atoms with Gasteiger partial charge in [-0.15, -0.1) is 0 Å². The molecule has 2 amide bonds. The van der Waals surface area contributed by atoms with E-state index in [1.54, 1.807) is 12.4 Å². The molecule has 1 aliphatic heterocycles. The van der Waals surface area contributed by atoms with Gasteiger partial charge in [0.25, 0.3) is 0 Å². The Balaban J connectivity index is 1.38. The second-order valence-electron chi connectivity index (χ2n) is 5.98. The van der Waals surface area contributed by atoms with Crippen LogP contribution in [0.5, 0.6) is 0 Å². The maximum Gasteiger partial charge on any atom is 0.319 e. The Morgan fingerprint density at radius 2 is 1.92 bits per heavy atom. The van der Waals surface area contributed by atoms with Gasteiger partial charge in [-0.2, -0.15) is 0 Å². The Kier molecular flexibility index (Phi) is 6.03. The van der Waals surface area contributed by atoms with Crippen molar-refractivity contribution in [2.45, 2.75) is 19.3 Å². The number of carbonyl (C=O) groups is 1. The summed E-state index contributed by atoms with van der Waals surface area (Å²) in [6.45, 7) is 3.23. The lowest BCUT2D eigenvalue weighted by molar-refractivity contribution is 0.252. The van der Waals surface area contributed by atoms with Crippen molar-refractivity contribution >= 4 is 23.4 Å². The zero-order valence-corrected chi connectivity index (χ0v) is 14.2. The zero-order valence-electron chi connectivity index (χ0n) is 14.2. The summed E-state index contributed by atoms with van der Waals surface area (Å²) in [6, 6.07) is 9.27. The minimum atomic E-state index is -0.240. The maximum atomic E-state index is 11.9. The van der Waals surface area contributed by atoms with Gasteiger partial charge in [-0.05, 0) is 43.5 Å². The highest BCUT2D eigenvalue weighted by Gasteiger charge is 2.11. The van der Waals surface area contributed by atoms with Gasteiger partial charge in [0.2, 0.25) is 0 Å². The third-order valence-corrected chi connectivity index (χ3v) is 4.07. The highest BCUT2D eigenvalue weighted by atomic mass is 16.2. The summed E-state index contributed by atoms with van der Waals surface area (Å²) in [5, 5.41) is 8.73. The SMILES string of the molecule is O=C(NCCNc1ccccn1)Nc1ccc(N2CCCCC2)nc1. The van der Waals surface area contributed by atoms with Crippen molar-refractivity contribution in [3.8, 4) is 0 Å². The van der Waals surface area contributed by atoms with Crippen LogP contribution in [0.15, 0.2) is 42.7 Å². The highest BCUT2D eigenvalue weighted by Crippen LogP contribution is 2.18. The second kappa shape index (κ2) is 8.86. The number of carbonyl (C=O) groups excluding carboxylic acids is 1. The zero-order chi connectivity index (χ0) is 17.3. The third kappa shape index (κ3) is 5.34. The normalized spacial score (nSPS) is 14.0. The summed E-state index contributed by atoms with van der Waals surface area (Å²) in [5.41, 5.74) is 0.691. The van der Waals surface area contributed by atoms with Crippen LogP contribution in [-0.4, -0.2) is 42.2 Å². The molecule has 1 fully saturated rings. The fourth-order valence-corrected chi connectivity index (χ4v) is 2.78. The first-order valence-corrected chi connectivity index (χ1v) is 8.72. The fourth-order valence-electron chi connectivity index (χ4n) is 2.78. The average Bonchev–Trinajstić information content (AvgIpc) is 2.67. The van der Waals surface area contributed by atoms with Crippen LogP contribution in [0, 0.1) is 0 Å². The number of nitrogens with zero attached hydrogens (tertiary/aromatic N) is 3. The molecule has 0 radical (unpaired) electrons. The molecule has 2 aromatic heterocycles. The van der Waals surface area contributed by atoms with Crippen LogP contribution in [0.4, 0.5) is 22.1 Å². The highest BCUT2D eigenvalue weighted by molar-refractivity contribution is 5.89. The van der Waals surface area contributed by atoms with E-state index in [-0.39, 0.29) is 6.03 Å². The van der Waals surface area contributed by atoms with Crippen LogP contribution in [0.3, 0.4) is 0 Å². The maximum absolute atomic E-state index is 11.9. The molecule has 0 unspecified atom stereocenters. The lowest BCUT2D eigenvalue weighted by Gasteiger charge is -2.27. The molecule has 3 N–H and O–H groups in total. The summed E-state index contributed by atoms with van der Waals surface area (Å²) >= 11 is 0. The van der Waals surface area contributed by atoms with Crippen molar-refractivity contribution in [3.05, 3.63) is 42.7 Å². The monoisotopic (exact) mass is 340 g/mol. The fraction of sp³-hybridized carbons (Fsp3) is 0.389. The number of rotatable bonds is 6. The molecule has 0 aliphatic carbocycles. The van der Waals surface area contributed by atoms with Gasteiger partial charge in [0.05, 0.1) is 11.9 Å². The molecule has 0 spiro atoms. The summed E-state index contributed by atoms with van der Waals surface area (Å²) < 4.78 is 0. The topological polar surface area (TPSA) is 82.2 Å². The van der Waals surface area contributed by atoms with Gasteiger partial charge in [0.1, 0.15) is 11.6 Å². The number of urea groups is 1. The minimum Gasteiger partial charge on any atom is -0.368 e. The van der Waals surface area contributed by atoms with Crippen molar-refractivity contribution in [3.63, 3.8) is 0 Å². The van der Waals surface area contributed by atoms with Crippen molar-refractivity contribution in [2.75, 3.05) is 41.7 Å². The van der Waals surface area contributed by atoms with E-state index in [1.807, 2.05) is 30.3 Å². The van der Waals surface area contributed by atoms with E-state index in [9.17, 15) is 4.79 Å². The summed E-state index contributed by atoms with van der Waals surface area (Å²) in [5.74, 6) is 1.77. The molecule has 7 nitrogen and oxygen atoms in total. The Hall–Kier alpha value is -2.83. The van der Waals surface area contributed by atoms with Crippen molar-refractivity contribution < 1.29 is 4.79 Å². The number of amides is 2. The largest absolute Gasteiger partial charge is 0.368 e. The van der Waals surface area contributed by atoms with Crippen LogP contribution < -0.4 is 20.9 Å². The third-order valence-electron chi connectivity index (χ3n) is 4.07. The predicted molar refractivity (Wildman–Crippen MR) is 100 cm³/mol. The lowest BCUT2D eigenvalue weighted by Crippen LogP contribution is -2.33. The molecule has 3 rings (SSSR count). The van der Waals surface area contributed by atoms with Crippen LogP contribution in [-0.2, 0) is 0 Å². The summed E-state index contributed by atoms with van der Waals surface area (Å²) in [7, 11) is 0. The smallest absolute Gasteiger partial charge is 0.319 e. The summed E-state index contributed by atoms with van der Waals surface area (Å²) in [6.07, 6.45) is 7.16. The van der Waals surface area contributed by atoms with Crippen molar-refractivity contribution in [2.24, 2.45) is 0 Å². The van der Waals surface area contributed by atoms with E-state index in [2.05, 4.69) is 30.8 Å². The van der Waals surface area contributed by atoms with Gasteiger partial charge in [-0.25, -0.2) is 14.8 Å². The minimum absolute atomic E-state index is 0.240. The molecule has 3 heterocycles. The first-order chi connectivity index (χ1) is 12.3. The molecule has 1 saturated heterocycles. The number of pyridine rings is 2. The molecule has 0 saturated carbocycles. The molecule has 7 heteroatoms. The van der Waals surface area contributed by atoms with Gasteiger partial charge in [-0.3, -0.25) is 0 Å². The standard InChI is InChI=1S/C18H24N6O/c25-18(21-11-10-20-16-6-2-3-9-19-16)23-15-7-8-17(22-14-15)24-12-4-1-5-13-24/h2-3,6-9,14H,1,4-5,10-13H2,(H,19,20)(H2,21,23,25). The molecular formula is C18H24N6O. The first kappa shape index (κ1) is 17.0. The average molecular weight is 340 g/mol. The van der Waals surface area contributed by atoms with Crippen molar-refractivity contribution in [1.29, 1.82) is 0 Å². The number of piperidine rings is 1.